The van der Waals surface area contributed by atoms with Crippen LogP contribution in [0.15, 0.2) is 48.5 Å². The Hall–Kier alpha value is -2.82. The third-order valence-corrected chi connectivity index (χ3v) is 6.02. The molecule has 30 heavy (non-hydrogen) atoms. The van der Waals surface area contributed by atoms with Crippen molar-refractivity contribution in [3.05, 3.63) is 54.1 Å². The first-order valence-electron chi connectivity index (χ1n) is 10.7. The first-order valence-corrected chi connectivity index (χ1v) is 10.7. The number of likely N-dealkylation sites (tertiary alicyclic amines) is 1. The van der Waals surface area contributed by atoms with Gasteiger partial charge >= 0.3 is 0 Å². The van der Waals surface area contributed by atoms with Gasteiger partial charge in [0.25, 0.3) is 0 Å². The highest BCUT2D eigenvalue weighted by Gasteiger charge is 2.42. The zero-order chi connectivity index (χ0) is 21.6. The first-order chi connectivity index (χ1) is 14.5. The fourth-order valence-corrected chi connectivity index (χ4v) is 4.38. The van der Waals surface area contributed by atoms with Crippen LogP contribution >= 0.6 is 0 Å². The van der Waals surface area contributed by atoms with E-state index in [9.17, 15) is 9.59 Å². The Bertz CT molecular complexity index is 861. The Balaban J connectivity index is 1.79. The highest BCUT2D eigenvalue weighted by molar-refractivity contribution is 5.85. The van der Waals surface area contributed by atoms with Crippen LogP contribution in [0.4, 0.5) is 0 Å². The molecule has 0 spiro atoms. The molecule has 0 unspecified atom stereocenters. The normalized spacial score (nSPS) is 18.7. The molecule has 160 valence electrons. The van der Waals surface area contributed by atoms with Gasteiger partial charge in [-0.25, -0.2) is 0 Å². The summed E-state index contributed by atoms with van der Waals surface area (Å²) < 4.78 is 5.23. The van der Waals surface area contributed by atoms with Crippen molar-refractivity contribution in [2.75, 3.05) is 27.2 Å². The monoisotopic (exact) mass is 408 g/mol. The molecule has 0 aliphatic carbocycles. The van der Waals surface area contributed by atoms with Gasteiger partial charge in [-0.3, -0.25) is 9.59 Å². The highest BCUT2D eigenvalue weighted by Crippen LogP contribution is 2.35. The number of carbonyl (C=O) groups is 2. The molecule has 0 saturated carbocycles. The lowest BCUT2D eigenvalue weighted by Gasteiger charge is -2.41. The molecule has 1 atom stereocenters. The third kappa shape index (κ3) is 4.84. The summed E-state index contributed by atoms with van der Waals surface area (Å²) in [4.78, 5) is 27.3. The molecule has 3 rings (SSSR count). The number of rotatable bonds is 7. The van der Waals surface area contributed by atoms with Gasteiger partial charge < -0.3 is 15.0 Å². The standard InChI is InChI=1S/C25H32N2O3/c1-4-6-23(28)27-16-5-15-25(18-27,24(29)26-2)17-19-7-9-20(10-8-19)21-11-13-22(30-3)14-12-21/h7-14H,4-6,15-18H2,1-3H3,(H,26,29)/t25-/m1/s1. The number of hydrogen-bond acceptors (Lipinski definition) is 3. The molecule has 0 radical (unpaired) electrons. The zero-order valence-corrected chi connectivity index (χ0v) is 18.2. The van der Waals surface area contributed by atoms with E-state index < -0.39 is 5.41 Å². The summed E-state index contributed by atoms with van der Waals surface area (Å²) in [7, 11) is 3.35. The second kappa shape index (κ2) is 9.79. The summed E-state index contributed by atoms with van der Waals surface area (Å²) in [5.41, 5.74) is 2.79. The summed E-state index contributed by atoms with van der Waals surface area (Å²) in [5.74, 6) is 1.01. The molecular weight excluding hydrogens is 376 g/mol. The minimum absolute atomic E-state index is 0.0238. The van der Waals surface area contributed by atoms with Crippen LogP contribution < -0.4 is 10.1 Å². The van der Waals surface area contributed by atoms with Crippen LogP contribution in [-0.4, -0.2) is 44.0 Å². The highest BCUT2D eigenvalue weighted by atomic mass is 16.5. The van der Waals surface area contributed by atoms with E-state index in [-0.39, 0.29) is 11.8 Å². The molecule has 2 amide bonds. The third-order valence-electron chi connectivity index (χ3n) is 6.02. The number of nitrogens with one attached hydrogen (secondary N) is 1. The van der Waals surface area contributed by atoms with Gasteiger partial charge in [-0.2, -0.15) is 0 Å². The quantitative estimate of drug-likeness (QED) is 0.752. The molecule has 0 bridgehead atoms. The van der Waals surface area contributed by atoms with Gasteiger partial charge in [0.1, 0.15) is 5.75 Å². The van der Waals surface area contributed by atoms with Crippen LogP contribution in [0.1, 0.15) is 38.2 Å². The fraction of sp³-hybridized carbons (Fsp3) is 0.440. The van der Waals surface area contributed by atoms with Gasteiger partial charge in [-0.1, -0.05) is 43.3 Å². The van der Waals surface area contributed by atoms with E-state index in [2.05, 4.69) is 29.6 Å². The molecule has 5 nitrogen and oxygen atoms in total. The number of piperidine rings is 1. The van der Waals surface area contributed by atoms with Gasteiger partial charge in [-0.05, 0) is 54.5 Å². The number of nitrogens with zero attached hydrogens (tertiary/aromatic N) is 1. The van der Waals surface area contributed by atoms with Crippen molar-refractivity contribution in [2.45, 2.75) is 39.0 Å². The number of ether oxygens (including phenoxy) is 1. The van der Waals surface area contributed by atoms with Crippen molar-refractivity contribution in [1.29, 1.82) is 0 Å². The van der Waals surface area contributed by atoms with Gasteiger partial charge in [0, 0.05) is 26.6 Å². The molecule has 2 aromatic rings. The van der Waals surface area contributed by atoms with E-state index in [1.165, 1.54) is 0 Å². The van der Waals surface area contributed by atoms with E-state index in [1.807, 2.05) is 36.1 Å². The fourth-order valence-electron chi connectivity index (χ4n) is 4.38. The van der Waals surface area contributed by atoms with E-state index in [4.69, 9.17) is 4.74 Å². The predicted octanol–water partition coefficient (Wildman–Crippen LogP) is 4.06. The average molecular weight is 409 g/mol. The molecule has 1 N–H and O–H groups in total. The Morgan fingerprint density at radius 2 is 1.70 bits per heavy atom. The second-order valence-corrected chi connectivity index (χ2v) is 8.13. The summed E-state index contributed by atoms with van der Waals surface area (Å²) in [6, 6.07) is 16.4. The van der Waals surface area contributed by atoms with Crippen molar-refractivity contribution in [3.8, 4) is 16.9 Å². The molecule has 1 aliphatic rings. The number of methoxy groups -OCH3 is 1. The number of benzene rings is 2. The number of carbonyl (C=O) groups excluding carboxylic acids is 2. The lowest BCUT2D eigenvalue weighted by Crippen LogP contribution is -2.53. The van der Waals surface area contributed by atoms with Crippen LogP contribution in [0, 0.1) is 5.41 Å². The zero-order valence-electron chi connectivity index (χ0n) is 18.2. The van der Waals surface area contributed by atoms with Crippen molar-refractivity contribution in [1.82, 2.24) is 10.2 Å². The minimum Gasteiger partial charge on any atom is -0.497 e. The lowest BCUT2D eigenvalue weighted by molar-refractivity contribution is -0.141. The lowest BCUT2D eigenvalue weighted by atomic mass is 9.74. The summed E-state index contributed by atoms with van der Waals surface area (Å²) in [5, 5.41) is 2.85. The van der Waals surface area contributed by atoms with E-state index >= 15 is 0 Å². The van der Waals surface area contributed by atoms with E-state index in [0.717, 1.165) is 48.2 Å². The summed E-state index contributed by atoms with van der Waals surface area (Å²) in [6.07, 6.45) is 3.65. The van der Waals surface area contributed by atoms with Gasteiger partial charge in [0.15, 0.2) is 0 Å². The summed E-state index contributed by atoms with van der Waals surface area (Å²) in [6.45, 7) is 3.25. The minimum atomic E-state index is -0.571. The van der Waals surface area contributed by atoms with Crippen molar-refractivity contribution < 1.29 is 14.3 Å². The largest absolute Gasteiger partial charge is 0.497 e. The first kappa shape index (κ1) is 21.9. The van der Waals surface area contributed by atoms with Crippen LogP contribution in [-0.2, 0) is 16.0 Å². The van der Waals surface area contributed by atoms with E-state index in [0.29, 0.717) is 19.4 Å². The summed E-state index contributed by atoms with van der Waals surface area (Å²) >= 11 is 0. The molecular formula is C25H32N2O3. The molecule has 1 saturated heterocycles. The van der Waals surface area contributed by atoms with Gasteiger partial charge in [0.2, 0.25) is 11.8 Å². The maximum Gasteiger partial charge on any atom is 0.228 e. The van der Waals surface area contributed by atoms with Gasteiger partial charge in [0.05, 0.1) is 12.5 Å². The van der Waals surface area contributed by atoms with E-state index in [1.54, 1.807) is 14.2 Å². The topological polar surface area (TPSA) is 58.6 Å². The van der Waals surface area contributed by atoms with Crippen LogP contribution in [0.5, 0.6) is 5.75 Å². The van der Waals surface area contributed by atoms with Crippen molar-refractivity contribution in [3.63, 3.8) is 0 Å². The number of hydrogen-bond donors (Lipinski definition) is 1. The van der Waals surface area contributed by atoms with Crippen LogP contribution in [0.25, 0.3) is 11.1 Å². The Labute approximate surface area is 179 Å². The van der Waals surface area contributed by atoms with Crippen molar-refractivity contribution >= 4 is 11.8 Å². The molecule has 1 aliphatic heterocycles. The average Bonchev–Trinajstić information content (AvgIpc) is 2.79. The number of amides is 2. The SMILES string of the molecule is CCCC(=O)N1CCC[C@](Cc2ccc(-c3ccc(OC)cc3)cc2)(C(=O)NC)C1. The smallest absolute Gasteiger partial charge is 0.228 e. The Morgan fingerprint density at radius 1 is 1.07 bits per heavy atom. The molecule has 0 aromatic heterocycles. The van der Waals surface area contributed by atoms with Gasteiger partial charge in [-0.15, -0.1) is 0 Å². The second-order valence-electron chi connectivity index (χ2n) is 8.13. The Kier molecular flexibility index (Phi) is 7.14. The molecule has 2 aromatic carbocycles. The maximum absolute atomic E-state index is 12.9. The molecule has 5 heteroatoms. The van der Waals surface area contributed by atoms with Crippen LogP contribution in [0.2, 0.25) is 0 Å². The van der Waals surface area contributed by atoms with Crippen LogP contribution in [0.3, 0.4) is 0 Å². The molecule has 1 fully saturated rings. The predicted molar refractivity (Wildman–Crippen MR) is 119 cm³/mol. The maximum atomic E-state index is 12.9. The van der Waals surface area contributed by atoms with Crippen molar-refractivity contribution in [2.24, 2.45) is 5.41 Å². The molecule has 1 heterocycles. The Morgan fingerprint density at radius 3 is 2.27 bits per heavy atom.